The highest BCUT2D eigenvalue weighted by Gasteiger charge is 2.36. The first-order valence-corrected chi connectivity index (χ1v) is 11.4. The number of Topliss-reactive ketones (excluding diaryl/α,β-unsaturated/α-hetero) is 1. The molecule has 0 N–H and O–H groups in total. The predicted molar refractivity (Wildman–Crippen MR) is 107 cm³/mol. The first-order valence-electron chi connectivity index (χ1n) is 9.76. The van der Waals surface area contributed by atoms with Crippen LogP contribution < -0.4 is 4.31 Å². The van der Waals surface area contributed by atoms with Gasteiger partial charge in [-0.2, -0.15) is 0 Å². The number of amides is 1. The SMILES string of the molecule is CCS(=O)(=O)N1CCc2cc(C(=O)COC(=O)C3CC(=O)N(C(C)C)C3)ccc21. The summed E-state index contributed by atoms with van der Waals surface area (Å²) >= 11 is 0. The fourth-order valence-electron chi connectivity index (χ4n) is 3.72. The van der Waals surface area contributed by atoms with Crippen molar-refractivity contribution < 1.29 is 27.5 Å². The molecule has 2 aliphatic rings. The van der Waals surface area contributed by atoms with E-state index in [1.165, 1.54) is 4.31 Å². The average Bonchev–Trinajstić information content (AvgIpc) is 3.29. The zero-order chi connectivity index (χ0) is 21.3. The minimum Gasteiger partial charge on any atom is -0.457 e. The Morgan fingerprint density at radius 2 is 2.00 bits per heavy atom. The third-order valence-electron chi connectivity index (χ3n) is 5.42. The van der Waals surface area contributed by atoms with Crippen LogP contribution in [0.15, 0.2) is 18.2 Å². The zero-order valence-electron chi connectivity index (χ0n) is 16.9. The van der Waals surface area contributed by atoms with Gasteiger partial charge in [-0.3, -0.25) is 18.7 Å². The Kier molecular flexibility index (Phi) is 5.97. The van der Waals surface area contributed by atoms with Gasteiger partial charge in [0.1, 0.15) is 0 Å². The summed E-state index contributed by atoms with van der Waals surface area (Å²) in [5.41, 5.74) is 1.76. The van der Waals surface area contributed by atoms with Crippen LogP contribution in [0.25, 0.3) is 0 Å². The van der Waals surface area contributed by atoms with E-state index in [2.05, 4.69) is 0 Å². The molecule has 29 heavy (non-hydrogen) atoms. The second kappa shape index (κ2) is 8.14. The van der Waals surface area contributed by atoms with Crippen molar-refractivity contribution in [1.29, 1.82) is 0 Å². The lowest BCUT2D eigenvalue weighted by Gasteiger charge is -2.20. The molecule has 8 nitrogen and oxygen atoms in total. The van der Waals surface area contributed by atoms with E-state index in [0.29, 0.717) is 30.8 Å². The van der Waals surface area contributed by atoms with E-state index in [1.54, 1.807) is 30.0 Å². The van der Waals surface area contributed by atoms with Gasteiger partial charge >= 0.3 is 5.97 Å². The molecule has 2 aliphatic heterocycles. The first-order chi connectivity index (χ1) is 13.6. The van der Waals surface area contributed by atoms with Crippen LogP contribution in [0.3, 0.4) is 0 Å². The third kappa shape index (κ3) is 4.29. The molecule has 2 heterocycles. The van der Waals surface area contributed by atoms with Crippen molar-refractivity contribution in [2.45, 2.75) is 39.7 Å². The molecule has 3 rings (SSSR count). The molecular formula is C20H26N2O6S. The molecule has 1 unspecified atom stereocenters. The molecule has 1 aromatic carbocycles. The molecule has 158 valence electrons. The number of hydrogen-bond donors (Lipinski definition) is 0. The Hall–Kier alpha value is -2.42. The first kappa shape index (κ1) is 21.3. The van der Waals surface area contributed by atoms with Crippen LogP contribution in [0.1, 0.15) is 43.1 Å². The number of ether oxygens (including phenoxy) is 1. The second-order valence-corrected chi connectivity index (χ2v) is 9.82. The predicted octanol–water partition coefficient (Wildman–Crippen LogP) is 1.38. The highest BCUT2D eigenvalue weighted by atomic mass is 32.2. The van der Waals surface area contributed by atoms with E-state index in [-0.39, 0.29) is 29.9 Å². The minimum atomic E-state index is -3.34. The van der Waals surface area contributed by atoms with Crippen molar-refractivity contribution in [2.24, 2.45) is 5.92 Å². The maximum atomic E-state index is 12.4. The summed E-state index contributed by atoms with van der Waals surface area (Å²) in [5, 5.41) is 0. The number of esters is 1. The number of nitrogens with zero attached hydrogens (tertiary/aromatic N) is 2. The highest BCUT2D eigenvalue weighted by molar-refractivity contribution is 7.92. The fourth-order valence-corrected chi connectivity index (χ4v) is 4.88. The van der Waals surface area contributed by atoms with Gasteiger partial charge in [0.05, 0.1) is 17.4 Å². The Balaban J connectivity index is 1.61. The Bertz CT molecular complexity index is 940. The van der Waals surface area contributed by atoms with E-state index in [9.17, 15) is 22.8 Å². The van der Waals surface area contributed by atoms with Crippen molar-refractivity contribution in [3.05, 3.63) is 29.3 Å². The molecule has 0 aliphatic carbocycles. The summed E-state index contributed by atoms with van der Waals surface area (Å²) in [6, 6.07) is 4.86. The van der Waals surface area contributed by atoms with Crippen LogP contribution in [-0.2, 0) is 30.8 Å². The lowest BCUT2D eigenvalue weighted by atomic mass is 10.1. The number of sulfonamides is 1. The normalized spacial score (nSPS) is 19.0. The van der Waals surface area contributed by atoms with Crippen LogP contribution in [0.4, 0.5) is 5.69 Å². The number of carbonyl (C=O) groups is 3. The standard InChI is InChI=1S/C20H26N2O6S/c1-4-29(26,27)22-8-7-14-9-15(5-6-17(14)22)18(23)12-28-20(25)16-10-19(24)21(11-16)13(2)3/h5-6,9,13,16H,4,7-8,10-12H2,1-3H3. The van der Waals surface area contributed by atoms with E-state index >= 15 is 0 Å². The smallest absolute Gasteiger partial charge is 0.311 e. The van der Waals surface area contributed by atoms with Gasteiger partial charge in [0.15, 0.2) is 12.4 Å². The maximum Gasteiger partial charge on any atom is 0.311 e. The maximum absolute atomic E-state index is 12.4. The second-order valence-electron chi connectivity index (χ2n) is 7.64. The third-order valence-corrected chi connectivity index (χ3v) is 7.20. The lowest BCUT2D eigenvalue weighted by molar-refractivity contribution is -0.147. The number of fused-ring (bicyclic) bond motifs is 1. The van der Waals surface area contributed by atoms with Crippen LogP contribution in [0.5, 0.6) is 0 Å². The Morgan fingerprint density at radius 1 is 1.28 bits per heavy atom. The molecular weight excluding hydrogens is 396 g/mol. The molecule has 1 atom stereocenters. The van der Waals surface area contributed by atoms with Gasteiger partial charge in [0, 0.05) is 31.1 Å². The minimum absolute atomic E-state index is 0.0149. The lowest BCUT2D eigenvalue weighted by Crippen LogP contribution is -2.33. The number of anilines is 1. The molecule has 0 saturated carbocycles. The van der Waals surface area contributed by atoms with Gasteiger partial charge in [0.25, 0.3) is 0 Å². The van der Waals surface area contributed by atoms with Crippen LogP contribution in [0, 0.1) is 5.92 Å². The average molecular weight is 423 g/mol. The summed E-state index contributed by atoms with van der Waals surface area (Å²) in [6.45, 7) is 5.63. The van der Waals surface area contributed by atoms with E-state index in [4.69, 9.17) is 4.74 Å². The summed E-state index contributed by atoms with van der Waals surface area (Å²) in [4.78, 5) is 38.2. The topological polar surface area (TPSA) is 101 Å². The molecule has 1 aromatic rings. The Morgan fingerprint density at radius 3 is 2.62 bits per heavy atom. The van der Waals surface area contributed by atoms with Crippen molar-refractivity contribution in [1.82, 2.24) is 4.90 Å². The number of ketones is 1. The van der Waals surface area contributed by atoms with Crippen LogP contribution in [0.2, 0.25) is 0 Å². The van der Waals surface area contributed by atoms with Gasteiger partial charge in [-0.05, 0) is 51.0 Å². The molecule has 0 bridgehead atoms. The number of rotatable bonds is 7. The van der Waals surface area contributed by atoms with Crippen molar-refractivity contribution in [3.63, 3.8) is 0 Å². The largest absolute Gasteiger partial charge is 0.457 e. The zero-order valence-corrected chi connectivity index (χ0v) is 17.7. The molecule has 1 fully saturated rings. The fraction of sp³-hybridized carbons (Fsp3) is 0.550. The van der Waals surface area contributed by atoms with E-state index < -0.39 is 28.5 Å². The number of benzene rings is 1. The van der Waals surface area contributed by atoms with Gasteiger partial charge in [-0.25, -0.2) is 8.42 Å². The number of carbonyl (C=O) groups excluding carboxylic acids is 3. The van der Waals surface area contributed by atoms with Gasteiger partial charge in [-0.1, -0.05) is 0 Å². The van der Waals surface area contributed by atoms with E-state index in [0.717, 1.165) is 5.56 Å². The molecule has 1 saturated heterocycles. The summed E-state index contributed by atoms with van der Waals surface area (Å²) < 4.78 is 30.8. The molecule has 1 amide bonds. The van der Waals surface area contributed by atoms with E-state index in [1.807, 2.05) is 13.8 Å². The quantitative estimate of drug-likeness (QED) is 0.486. The molecule has 0 aromatic heterocycles. The van der Waals surface area contributed by atoms with Crippen molar-refractivity contribution in [3.8, 4) is 0 Å². The number of likely N-dealkylation sites (tertiary alicyclic amines) is 1. The van der Waals surface area contributed by atoms with Crippen molar-refractivity contribution in [2.75, 3.05) is 29.8 Å². The van der Waals surface area contributed by atoms with Gasteiger partial charge in [-0.15, -0.1) is 0 Å². The summed E-state index contributed by atoms with van der Waals surface area (Å²) in [5.74, 6) is -1.52. The molecule has 0 radical (unpaired) electrons. The molecule has 0 spiro atoms. The Labute approximate surface area is 170 Å². The summed E-state index contributed by atoms with van der Waals surface area (Å²) in [6.07, 6.45) is 0.635. The summed E-state index contributed by atoms with van der Waals surface area (Å²) in [7, 11) is -3.34. The van der Waals surface area contributed by atoms with Crippen LogP contribution >= 0.6 is 0 Å². The number of hydrogen-bond acceptors (Lipinski definition) is 6. The van der Waals surface area contributed by atoms with Crippen molar-refractivity contribution >= 4 is 33.4 Å². The molecule has 9 heteroatoms. The van der Waals surface area contributed by atoms with Gasteiger partial charge in [0.2, 0.25) is 15.9 Å². The van der Waals surface area contributed by atoms with Gasteiger partial charge < -0.3 is 9.64 Å². The monoisotopic (exact) mass is 422 g/mol. The van der Waals surface area contributed by atoms with Crippen LogP contribution in [-0.4, -0.2) is 62.5 Å². The highest BCUT2D eigenvalue weighted by Crippen LogP contribution is 2.31.